The van der Waals surface area contributed by atoms with E-state index in [0.717, 1.165) is 29.8 Å². The molecule has 2 unspecified atom stereocenters. The molecule has 2 aromatic carbocycles. The fourth-order valence-corrected chi connectivity index (χ4v) is 4.60. The number of benzene rings is 2. The third-order valence-electron chi connectivity index (χ3n) is 4.85. The van der Waals surface area contributed by atoms with Gasteiger partial charge in [-0.25, -0.2) is 4.68 Å². The molecule has 0 saturated heterocycles. The van der Waals surface area contributed by atoms with Crippen LogP contribution in [-0.2, 0) is 11.2 Å². The number of hydrogen-bond donors (Lipinski definition) is 2. The van der Waals surface area contributed by atoms with E-state index in [-0.39, 0.29) is 11.9 Å². The van der Waals surface area contributed by atoms with Crippen LogP contribution in [0.1, 0.15) is 36.3 Å². The predicted molar refractivity (Wildman–Crippen MR) is 117 cm³/mol. The van der Waals surface area contributed by atoms with Gasteiger partial charge in [-0.05, 0) is 36.6 Å². The molecule has 3 aromatic rings. The van der Waals surface area contributed by atoms with Gasteiger partial charge in [0.1, 0.15) is 5.25 Å². The first-order chi connectivity index (χ1) is 14.1. The van der Waals surface area contributed by atoms with Crippen molar-refractivity contribution in [2.45, 2.75) is 43.1 Å². The zero-order valence-corrected chi connectivity index (χ0v) is 17.8. The third-order valence-corrected chi connectivity index (χ3v) is 6.30. The summed E-state index contributed by atoms with van der Waals surface area (Å²) in [5.41, 5.74) is 6.18. The number of aryl methyl sites for hydroxylation is 2. The van der Waals surface area contributed by atoms with Gasteiger partial charge in [0.05, 0.1) is 6.04 Å². The van der Waals surface area contributed by atoms with Crippen LogP contribution < -0.4 is 10.7 Å². The van der Waals surface area contributed by atoms with E-state index >= 15 is 0 Å². The highest BCUT2D eigenvalue weighted by atomic mass is 35.5. The SMILES string of the molecule is CCCc1nnc2n1NC(c1ccccc1)C(C(=O)Nc1cc(Cl)ccc1C)S2. The van der Waals surface area contributed by atoms with Crippen molar-refractivity contribution in [1.29, 1.82) is 0 Å². The molecule has 1 amide bonds. The Balaban J connectivity index is 1.67. The lowest BCUT2D eigenvalue weighted by Gasteiger charge is -2.33. The Hall–Kier alpha value is -2.51. The lowest BCUT2D eigenvalue weighted by atomic mass is 10.0. The summed E-state index contributed by atoms with van der Waals surface area (Å²) in [6.45, 7) is 4.05. The topological polar surface area (TPSA) is 71.8 Å². The Kier molecular flexibility index (Phi) is 5.78. The molecular weight excluding hydrogens is 406 g/mol. The predicted octanol–water partition coefficient (Wildman–Crippen LogP) is 4.59. The molecule has 0 saturated carbocycles. The molecule has 6 nitrogen and oxygen atoms in total. The smallest absolute Gasteiger partial charge is 0.240 e. The van der Waals surface area contributed by atoms with E-state index in [0.29, 0.717) is 15.9 Å². The maximum atomic E-state index is 13.3. The van der Waals surface area contributed by atoms with Crippen LogP contribution in [-0.4, -0.2) is 26.0 Å². The Morgan fingerprint density at radius 2 is 2.03 bits per heavy atom. The number of thioether (sulfide) groups is 1. The van der Waals surface area contributed by atoms with Crippen molar-refractivity contribution in [2.75, 3.05) is 10.7 Å². The highest BCUT2D eigenvalue weighted by Crippen LogP contribution is 2.38. The molecule has 1 aromatic heterocycles. The summed E-state index contributed by atoms with van der Waals surface area (Å²) < 4.78 is 1.92. The van der Waals surface area contributed by atoms with Gasteiger partial charge in [-0.3, -0.25) is 4.79 Å². The zero-order valence-electron chi connectivity index (χ0n) is 16.2. The molecule has 8 heteroatoms. The highest BCUT2D eigenvalue weighted by molar-refractivity contribution is 8.00. The van der Waals surface area contributed by atoms with Crippen LogP contribution >= 0.6 is 23.4 Å². The fraction of sp³-hybridized carbons (Fsp3) is 0.286. The number of anilines is 1. The normalized spacial score (nSPS) is 18.0. The van der Waals surface area contributed by atoms with Crippen LogP contribution in [0.4, 0.5) is 5.69 Å². The van der Waals surface area contributed by atoms with Crippen LogP contribution in [0.2, 0.25) is 5.02 Å². The van der Waals surface area contributed by atoms with Gasteiger partial charge in [0, 0.05) is 17.1 Å². The lowest BCUT2D eigenvalue weighted by molar-refractivity contribution is -0.116. The third kappa shape index (κ3) is 4.11. The number of nitrogens with one attached hydrogen (secondary N) is 2. The molecule has 2 heterocycles. The maximum absolute atomic E-state index is 13.3. The van der Waals surface area contributed by atoms with Crippen LogP contribution in [0.25, 0.3) is 0 Å². The Morgan fingerprint density at radius 3 is 2.79 bits per heavy atom. The van der Waals surface area contributed by atoms with E-state index in [1.165, 1.54) is 11.8 Å². The van der Waals surface area contributed by atoms with Crippen LogP contribution in [0, 0.1) is 6.92 Å². The summed E-state index contributed by atoms with van der Waals surface area (Å²) in [6, 6.07) is 15.2. The molecule has 150 valence electrons. The Labute approximate surface area is 179 Å². The molecule has 0 radical (unpaired) electrons. The van der Waals surface area contributed by atoms with Crippen molar-refractivity contribution in [3.8, 4) is 0 Å². The average molecular weight is 428 g/mol. The van der Waals surface area contributed by atoms with Gasteiger partial charge in [0.15, 0.2) is 5.82 Å². The van der Waals surface area contributed by atoms with Gasteiger partial charge in [-0.1, -0.05) is 66.7 Å². The zero-order chi connectivity index (χ0) is 20.4. The van der Waals surface area contributed by atoms with Crippen LogP contribution in [0.5, 0.6) is 0 Å². The summed E-state index contributed by atoms with van der Waals surface area (Å²) in [4.78, 5) is 13.3. The van der Waals surface area contributed by atoms with E-state index in [2.05, 4.69) is 27.9 Å². The first kappa shape index (κ1) is 19.8. The minimum atomic E-state index is -0.415. The second-order valence-corrected chi connectivity index (χ2v) is 8.53. The molecule has 4 rings (SSSR count). The van der Waals surface area contributed by atoms with Crippen molar-refractivity contribution in [3.63, 3.8) is 0 Å². The number of amides is 1. The number of halogens is 1. The number of carbonyl (C=O) groups excluding carboxylic acids is 1. The van der Waals surface area contributed by atoms with Gasteiger partial charge in [-0.15, -0.1) is 10.2 Å². The molecular formula is C21H22ClN5OS. The largest absolute Gasteiger partial charge is 0.325 e. The van der Waals surface area contributed by atoms with E-state index in [4.69, 9.17) is 11.6 Å². The number of carbonyl (C=O) groups is 1. The molecule has 0 spiro atoms. The molecule has 2 atom stereocenters. The number of hydrogen-bond acceptors (Lipinski definition) is 5. The quantitative estimate of drug-likeness (QED) is 0.623. The summed E-state index contributed by atoms with van der Waals surface area (Å²) in [5.74, 6) is 0.772. The van der Waals surface area contributed by atoms with Gasteiger partial charge in [-0.2, -0.15) is 0 Å². The second kappa shape index (κ2) is 8.47. The minimum absolute atomic E-state index is 0.104. The molecule has 0 fully saturated rings. The van der Waals surface area contributed by atoms with Gasteiger partial charge < -0.3 is 10.7 Å². The van der Waals surface area contributed by atoms with Gasteiger partial charge in [0.2, 0.25) is 11.1 Å². The monoisotopic (exact) mass is 427 g/mol. The summed E-state index contributed by atoms with van der Waals surface area (Å²) in [6.07, 6.45) is 1.79. The van der Waals surface area contributed by atoms with Gasteiger partial charge in [0.25, 0.3) is 0 Å². The van der Waals surface area contributed by atoms with Crippen LogP contribution in [0.15, 0.2) is 53.7 Å². The molecule has 1 aliphatic heterocycles. The number of rotatable bonds is 5. The number of aromatic nitrogens is 3. The highest BCUT2D eigenvalue weighted by Gasteiger charge is 2.37. The summed E-state index contributed by atoms with van der Waals surface area (Å²) in [5, 5.41) is 12.5. The van der Waals surface area contributed by atoms with Crippen molar-refractivity contribution in [3.05, 3.63) is 70.5 Å². The fourth-order valence-electron chi connectivity index (χ4n) is 3.33. The molecule has 0 aliphatic carbocycles. The van der Waals surface area contributed by atoms with Crippen molar-refractivity contribution < 1.29 is 4.79 Å². The van der Waals surface area contributed by atoms with E-state index in [1.54, 1.807) is 6.07 Å². The number of fused-ring (bicyclic) bond motifs is 1. The van der Waals surface area contributed by atoms with E-state index in [9.17, 15) is 4.79 Å². The average Bonchev–Trinajstić information content (AvgIpc) is 3.12. The Morgan fingerprint density at radius 1 is 1.24 bits per heavy atom. The molecule has 2 N–H and O–H groups in total. The molecule has 0 bridgehead atoms. The molecule has 29 heavy (non-hydrogen) atoms. The first-order valence-corrected chi connectivity index (χ1v) is 10.8. The summed E-state index contributed by atoms with van der Waals surface area (Å²) in [7, 11) is 0. The maximum Gasteiger partial charge on any atom is 0.240 e. The Bertz CT molecular complexity index is 1020. The van der Waals surface area contributed by atoms with Crippen LogP contribution in [0.3, 0.4) is 0 Å². The van der Waals surface area contributed by atoms with Crippen molar-refractivity contribution in [1.82, 2.24) is 14.9 Å². The second-order valence-electron chi connectivity index (χ2n) is 6.99. The van der Waals surface area contributed by atoms with Crippen molar-refractivity contribution >= 4 is 35.0 Å². The first-order valence-electron chi connectivity index (χ1n) is 9.56. The summed E-state index contributed by atoms with van der Waals surface area (Å²) >= 11 is 7.55. The van der Waals surface area contributed by atoms with E-state index < -0.39 is 5.25 Å². The molecule has 1 aliphatic rings. The van der Waals surface area contributed by atoms with E-state index in [1.807, 2.05) is 54.1 Å². The standard InChI is InChI=1S/C21H22ClN5OS/c1-3-7-17-24-25-21-27(17)26-18(14-8-5-4-6-9-14)19(29-21)20(28)23-16-12-15(22)11-10-13(16)2/h4-6,8-12,18-19,26H,3,7H2,1-2H3,(H,23,28). The van der Waals surface area contributed by atoms with Crippen molar-refractivity contribution in [2.24, 2.45) is 0 Å². The number of nitrogens with zero attached hydrogens (tertiary/aromatic N) is 3. The van der Waals surface area contributed by atoms with Gasteiger partial charge >= 0.3 is 0 Å². The minimum Gasteiger partial charge on any atom is -0.325 e. The lowest BCUT2D eigenvalue weighted by Crippen LogP contribution is -2.41.